The van der Waals surface area contributed by atoms with E-state index < -0.39 is 0 Å². The molecule has 2 heterocycles. The first-order valence-corrected chi connectivity index (χ1v) is 12.4. The van der Waals surface area contributed by atoms with Crippen LogP contribution in [-0.4, -0.2) is 75.4 Å². The molecule has 170 valence electrons. The van der Waals surface area contributed by atoms with Gasteiger partial charge in [0.15, 0.2) is 0 Å². The Morgan fingerprint density at radius 1 is 0.600 bits per heavy atom. The minimum absolute atomic E-state index is 0.683. The Morgan fingerprint density at radius 2 is 0.967 bits per heavy atom. The molecule has 0 aliphatic carbocycles. The molecule has 0 radical (unpaired) electrons. The molecule has 0 aliphatic rings. The Hall–Kier alpha value is -0.980. The lowest BCUT2D eigenvalue weighted by Crippen LogP contribution is -2.31. The molecule has 2 rings (SSSR count). The van der Waals surface area contributed by atoms with Gasteiger partial charge in [0, 0.05) is 88.0 Å². The van der Waals surface area contributed by atoms with Crippen molar-refractivity contribution >= 4 is 22.7 Å². The van der Waals surface area contributed by atoms with E-state index in [1.54, 1.807) is 22.7 Å². The summed E-state index contributed by atoms with van der Waals surface area (Å²) >= 11 is 3.57. The minimum atomic E-state index is 0.683. The summed E-state index contributed by atoms with van der Waals surface area (Å²) in [6.45, 7) is 13.0. The van der Waals surface area contributed by atoms with Gasteiger partial charge in [0.05, 0.1) is 10.0 Å². The Labute approximate surface area is 188 Å². The third-order valence-corrected chi connectivity index (χ3v) is 6.60. The number of nitrogens with one attached hydrogen (secondary N) is 4. The van der Waals surface area contributed by atoms with Crippen LogP contribution in [0, 0.1) is 13.8 Å². The average Bonchev–Trinajstić information content (AvgIpc) is 3.28. The molecule has 10 heteroatoms. The second kappa shape index (κ2) is 14.9. The van der Waals surface area contributed by atoms with Gasteiger partial charge in [-0.05, 0) is 13.8 Å². The predicted molar refractivity (Wildman–Crippen MR) is 130 cm³/mol. The maximum atomic E-state index is 5.47. The normalized spacial score (nSPS) is 11.5. The highest BCUT2D eigenvalue weighted by molar-refractivity contribution is 7.12. The van der Waals surface area contributed by atoms with Crippen LogP contribution in [0.3, 0.4) is 0 Å². The highest BCUT2D eigenvalue weighted by atomic mass is 32.1. The largest absolute Gasteiger partial charge is 0.329 e. The van der Waals surface area contributed by atoms with Crippen molar-refractivity contribution in [2.75, 3.05) is 65.4 Å². The number of hydrogen-bond acceptors (Lipinski definition) is 10. The molecule has 0 saturated carbocycles. The van der Waals surface area contributed by atoms with Gasteiger partial charge in [0.25, 0.3) is 0 Å². The molecule has 8 nitrogen and oxygen atoms in total. The van der Waals surface area contributed by atoms with Crippen molar-refractivity contribution in [2.45, 2.75) is 26.7 Å². The van der Waals surface area contributed by atoms with Gasteiger partial charge >= 0.3 is 0 Å². The molecule has 0 unspecified atom stereocenters. The monoisotopic (exact) mass is 454 g/mol. The van der Waals surface area contributed by atoms with Crippen molar-refractivity contribution in [2.24, 2.45) is 11.5 Å². The molecule has 2 aromatic rings. The molecule has 0 bridgehead atoms. The first kappa shape index (κ1) is 25.3. The zero-order valence-electron chi connectivity index (χ0n) is 18.4. The van der Waals surface area contributed by atoms with Crippen LogP contribution < -0.4 is 32.7 Å². The van der Waals surface area contributed by atoms with Crippen molar-refractivity contribution in [1.82, 2.24) is 31.2 Å². The van der Waals surface area contributed by atoms with Gasteiger partial charge in [-0.25, -0.2) is 9.97 Å². The smallest absolute Gasteiger partial charge is 0.104 e. The van der Waals surface area contributed by atoms with Gasteiger partial charge < -0.3 is 32.7 Å². The molecule has 2 aromatic heterocycles. The van der Waals surface area contributed by atoms with E-state index in [1.807, 2.05) is 0 Å². The zero-order chi connectivity index (χ0) is 21.6. The molecule has 0 saturated heterocycles. The third-order valence-electron chi connectivity index (χ3n) is 4.54. The summed E-state index contributed by atoms with van der Waals surface area (Å²) in [5.41, 5.74) is 13.0. The molecular formula is C20H38N8S2. The fourth-order valence-electron chi connectivity index (χ4n) is 3.00. The van der Waals surface area contributed by atoms with E-state index in [2.05, 4.69) is 35.1 Å². The van der Waals surface area contributed by atoms with Gasteiger partial charge in [-0.15, -0.1) is 22.7 Å². The second-order valence-corrected chi connectivity index (χ2v) is 9.68. The number of aromatic nitrogens is 2. The number of nitrogens with zero attached hydrogens (tertiary/aromatic N) is 2. The summed E-state index contributed by atoms with van der Waals surface area (Å²) in [6, 6.07) is 0. The molecule has 0 aliphatic heterocycles. The summed E-state index contributed by atoms with van der Waals surface area (Å²) in [4.78, 5) is 12.3. The maximum absolute atomic E-state index is 5.47. The van der Waals surface area contributed by atoms with Crippen molar-refractivity contribution in [3.05, 3.63) is 19.8 Å². The van der Waals surface area contributed by atoms with E-state index in [0.717, 1.165) is 76.6 Å². The molecule has 0 atom stereocenters. The Morgan fingerprint density at radius 3 is 1.33 bits per heavy atom. The number of rotatable bonds is 17. The third kappa shape index (κ3) is 9.03. The van der Waals surface area contributed by atoms with Crippen molar-refractivity contribution < 1.29 is 0 Å². The minimum Gasteiger partial charge on any atom is -0.329 e. The topological polar surface area (TPSA) is 126 Å². The van der Waals surface area contributed by atoms with Crippen LogP contribution in [0.1, 0.15) is 19.8 Å². The number of thiazole rings is 2. The molecule has 0 fully saturated rings. The van der Waals surface area contributed by atoms with Gasteiger partial charge in [-0.3, -0.25) is 0 Å². The number of nitrogens with two attached hydrogens (primary N) is 2. The first-order valence-electron chi connectivity index (χ1n) is 10.8. The molecular weight excluding hydrogens is 416 g/mol. The van der Waals surface area contributed by atoms with Crippen molar-refractivity contribution in [3.63, 3.8) is 0 Å². The lowest BCUT2D eigenvalue weighted by molar-refractivity contribution is 0.614. The van der Waals surface area contributed by atoms with Crippen LogP contribution in [0.5, 0.6) is 0 Å². The lowest BCUT2D eigenvalue weighted by Gasteiger charge is -2.04. The fraction of sp³-hybridized carbons (Fsp3) is 0.700. The van der Waals surface area contributed by atoms with Crippen LogP contribution in [-0.2, 0) is 12.8 Å². The maximum Gasteiger partial charge on any atom is 0.104 e. The van der Waals surface area contributed by atoms with Crippen molar-refractivity contribution in [3.8, 4) is 11.4 Å². The van der Waals surface area contributed by atoms with Crippen molar-refractivity contribution in [1.29, 1.82) is 0 Å². The van der Waals surface area contributed by atoms with Crippen LogP contribution in [0.4, 0.5) is 0 Å². The van der Waals surface area contributed by atoms with Gasteiger partial charge in [0.1, 0.15) is 11.4 Å². The fourth-order valence-corrected chi connectivity index (χ4v) is 4.87. The standard InChI is InChI=1S/C20H38N8S2/c1-15-19(27-17(29-15)3-7-23-11-13-25-9-5-21)20-16(2)30-18(28-20)4-8-24-12-14-26-10-6-22/h23-26H,3-14,21-22H2,1-2H3. The van der Waals surface area contributed by atoms with Gasteiger partial charge in [-0.2, -0.15) is 0 Å². The molecule has 8 N–H and O–H groups in total. The average molecular weight is 455 g/mol. The predicted octanol–water partition coefficient (Wildman–Crippen LogP) is 0.244. The Balaban J connectivity index is 1.77. The number of hydrogen-bond donors (Lipinski definition) is 6. The quantitative estimate of drug-likeness (QED) is 0.188. The zero-order valence-corrected chi connectivity index (χ0v) is 20.0. The summed E-state index contributed by atoms with van der Waals surface area (Å²) in [5.74, 6) is 0. The van der Waals surface area contributed by atoms with E-state index in [-0.39, 0.29) is 0 Å². The summed E-state index contributed by atoms with van der Waals surface area (Å²) in [5, 5.41) is 15.8. The summed E-state index contributed by atoms with van der Waals surface area (Å²) in [7, 11) is 0. The van der Waals surface area contributed by atoms with E-state index in [1.165, 1.54) is 19.8 Å². The highest BCUT2D eigenvalue weighted by Crippen LogP contribution is 2.32. The molecule has 0 aromatic carbocycles. The van der Waals surface area contributed by atoms with E-state index in [4.69, 9.17) is 21.4 Å². The van der Waals surface area contributed by atoms with Crippen LogP contribution in [0.2, 0.25) is 0 Å². The van der Waals surface area contributed by atoms with Gasteiger partial charge in [0.2, 0.25) is 0 Å². The Kier molecular flexibility index (Phi) is 12.6. The highest BCUT2D eigenvalue weighted by Gasteiger charge is 2.16. The second-order valence-electron chi connectivity index (χ2n) is 7.10. The summed E-state index contributed by atoms with van der Waals surface area (Å²) in [6.07, 6.45) is 1.89. The lowest BCUT2D eigenvalue weighted by atomic mass is 10.2. The first-order chi connectivity index (χ1) is 14.7. The SMILES string of the molecule is Cc1sc(CCNCCNCCN)nc1-c1nc(CCNCCNCCN)sc1C. The van der Waals surface area contributed by atoms with Crippen LogP contribution in [0.25, 0.3) is 11.4 Å². The molecule has 0 amide bonds. The Bertz CT molecular complexity index is 655. The number of aryl methyl sites for hydroxylation is 2. The van der Waals surface area contributed by atoms with E-state index in [0.29, 0.717) is 13.1 Å². The summed E-state index contributed by atoms with van der Waals surface area (Å²) < 4.78 is 0. The molecule has 0 spiro atoms. The van der Waals surface area contributed by atoms with Crippen LogP contribution in [0.15, 0.2) is 0 Å². The van der Waals surface area contributed by atoms with E-state index >= 15 is 0 Å². The van der Waals surface area contributed by atoms with Crippen LogP contribution >= 0.6 is 22.7 Å². The van der Waals surface area contributed by atoms with Gasteiger partial charge in [-0.1, -0.05) is 0 Å². The van der Waals surface area contributed by atoms with E-state index in [9.17, 15) is 0 Å². The molecule has 30 heavy (non-hydrogen) atoms.